The zero-order chi connectivity index (χ0) is 17.6. The summed E-state index contributed by atoms with van der Waals surface area (Å²) in [4.78, 5) is 4.63. The van der Waals surface area contributed by atoms with Gasteiger partial charge in [-0.15, -0.1) is 24.0 Å². The number of benzene rings is 1. The first-order valence-corrected chi connectivity index (χ1v) is 10.5. The van der Waals surface area contributed by atoms with Crippen molar-refractivity contribution in [2.24, 2.45) is 10.4 Å². The predicted octanol–water partition coefficient (Wildman–Crippen LogP) is 3.34. The van der Waals surface area contributed by atoms with E-state index >= 15 is 0 Å². The maximum Gasteiger partial charge on any atom is 0.191 e. The van der Waals surface area contributed by atoms with Crippen LogP contribution in [0.25, 0.3) is 0 Å². The van der Waals surface area contributed by atoms with Crippen LogP contribution < -0.4 is 10.6 Å². The van der Waals surface area contributed by atoms with E-state index in [2.05, 4.69) is 22.5 Å². The third-order valence-corrected chi connectivity index (χ3v) is 6.21. The Balaban J connectivity index is 0.00000312. The van der Waals surface area contributed by atoms with Crippen LogP contribution in [0.4, 0.5) is 0 Å². The van der Waals surface area contributed by atoms with Crippen molar-refractivity contribution in [1.29, 1.82) is 0 Å². The van der Waals surface area contributed by atoms with E-state index in [1.54, 1.807) is 19.2 Å². The number of rotatable bonds is 6. The summed E-state index contributed by atoms with van der Waals surface area (Å²) >= 11 is 0. The number of hydrogen-bond acceptors (Lipinski definition) is 3. The number of nitrogens with zero attached hydrogens (tertiary/aromatic N) is 1. The van der Waals surface area contributed by atoms with Crippen LogP contribution >= 0.6 is 24.0 Å². The quantitative estimate of drug-likeness (QED) is 0.373. The molecule has 5 nitrogen and oxygen atoms in total. The summed E-state index contributed by atoms with van der Waals surface area (Å²) in [5, 5.41) is 6.75. The summed E-state index contributed by atoms with van der Waals surface area (Å²) in [5.74, 6) is 0.793. The fourth-order valence-electron chi connectivity index (χ4n) is 3.31. The van der Waals surface area contributed by atoms with E-state index in [0.717, 1.165) is 18.1 Å². The summed E-state index contributed by atoms with van der Waals surface area (Å²) < 4.78 is 23.0. The summed E-state index contributed by atoms with van der Waals surface area (Å²) in [6.07, 6.45) is 7.66. The van der Waals surface area contributed by atoms with Crippen molar-refractivity contribution >= 4 is 39.8 Å². The number of hydrogen-bond donors (Lipinski definition) is 2. The summed E-state index contributed by atoms with van der Waals surface area (Å²) in [5.41, 5.74) is 1.44. The van der Waals surface area contributed by atoms with Crippen molar-refractivity contribution in [3.8, 4) is 0 Å². The third kappa shape index (κ3) is 6.44. The summed E-state index contributed by atoms with van der Waals surface area (Å²) in [6, 6.07) is 6.96. The number of aliphatic imine (C=N–C) groups is 1. The van der Waals surface area contributed by atoms with Crippen LogP contribution in [0.5, 0.6) is 0 Å². The average Bonchev–Trinajstić information content (AvgIpc) is 3.04. The second kappa shape index (κ2) is 9.75. The predicted molar refractivity (Wildman–Crippen MR) is 114 cm³/mol. The van der Waals surface area contributed by atoms with Gasteiger partial charge in [-0.1, -0.05) is 31.9 Å². The van der Waals surface area contributed by atoms with E-state index in [9.17, 15) is 8.42 Å². The van der Waals surface area contributed by atoms with Crippen LogP contribution in [0.1, 0.15) is 44.6 Å². The Labute approximate surface area is 169 Å². The minimum atomic E-state index is -3.14. The maximum atomic E-state index is 11.5. The van der Waals surface area contributed by atoms with Crippen molar-refractivity contribution in [2.45, 2.75) is 50.5 Å². The molecule has 0 radical (unpaired) electrons. The molecule has 0 heterocycles. The molecule has 2 rings (SSSR count). The molecule has 142 valence electrons. The molecule has 1 aromatic carbocycles. The SMILES string of the molecule is CCC1(CNC(=NC)NCc2ccc(S(C)(=O)=O)cc2)CCCC1.I. The van der Waals surface area contributed by atoms with E-state index in [0.29, 0.717) is 16.9 Å². The van der Waals surface area contributed by atoms with E-state index in [-0.39, 0.29) is 24.0 Å². The van der Waals surface area contributed by atoms with Gasteiger partial charge in [0.2, 0.25) is 0 Å². The Morgan fingerprint density at radius 2 is 1.76 bits per heavy atom. The minimum absolute atomic E-state index is 0. The minimum Gasteiger partial charge on any atom is -0.356 e. The molecule has 1 aliphatic carbocycles. The maximum absolute atomic E-state index is 11.5. The zero-order valence-electron chi connectivity index (χ0n) is 15.3. The van der Waals surface area contributed by atoms with Crippen LogP contribution in [0.3, 0.4) is 0 Å². The number of guanidine groups is 1. The van der Waals surface area contributed by atoms with Crippen LogP contribution in [-0.4, -0.2) is 34.2 Å². The fourth-order valence-corrected chi connectivity index (χ4v) is 3.94. The standard InChI is InChI=1S/C18H29N3O2S.HI/c1-4-18(11-5-6-12-18)14-21-17(19-2)20-13-15-7-9-16(10-8-15)24(3,22)23;/h7-10H,4-6,11-14H2,1-3H3,(H2,19,20,21);1H. The first kappa shape index (κ1) is 22.2. The van der Waals surface area contributed by atoms with Gasteiger partial charge in [0.15, 0.2) is 15.8 Å². The van der Waals surface area contributed by atoms with E-state index in [4.69, 9.17) is 0 Å². The second-order valence-corrected chi connectivity index (χ2v) is 8.77. The molecule has 0 aromatic heterocycles. The highest BCUT2D eigenvalue weighted by Crippen LogP contribution is 2.40. The highest BCUT2D eigenvalue weighted by molar-refractivity contribution is 14.0. The van der Waals surface area contributed by atoms with Gasteiger partial charge in [0.25, 0.3) is 0 Å². The van der Waals surface area contributed by atoms with Crippen LogP contribution in [0, 0.1) is 5.41 Å². The van der Waals surface area contributed by atoms with E-state index < -0.39 is 9.84 Å². The Morgan fingerprint density at radius 3 is 2.24 bits per heavy atom. The van der Waals surface area contributed by atoms with E-state index in [1.165, 1.54) is 38.4 Å². The smallest absolute Gasteiger partial charge is 0.191 e. The molecule has 1 aliphatic rings. The van der Waals surface area contributed by atoms with Gasteiger partial charge >= 0.3 is 0 Å². The number of nitrogens with one attached hydrogen (secondary N) is 2. The van der Waals surface area contributed by atoms with Gasteiger partial charge < -0.3 is 10.6 Å². The highest BCUT2D eigenvalue weighted by atomic mass is 127. The second-order valence-electron chi connectivity index (χ2n) is 6.76. The molecule has 0 amide bonds. The van der Waals surface area contributed by atoms with Crippen molar-refractivity contribution in [3.05, 3.63) is 29.8 Å². The Hall–Kier alpha value is -0.830. The lowest BCUT2D eigenvalue weighted by Gasteiger charge is -2.28. The van der Waals surface area contributed by atoms with Gasteiger partial charge in [-0.3, -0.25) is 4.99 Å². The van der Waals surface area contributed by atoms with Crippen molar-refractivity contribution in [2.75, 3.05) is 19.8 Å². The van der Waals surface area contributed by atoms with Gasteiger partial charge in [-0.25, -0.2) is 8.42 Å². The molecule has 0 saturated heterocycles. The zero-order valence-corrected chi connectivity index (χ0v) is 18.5. The Kier molecular flexibility index (Phi) is 8.67. The largest absolute Gasteiger partial charge is 0.356 e. The molecule has 1 saturated carbocycles. The Morgan fingerprint density at radius 1 is 1.16 bits per heavy atom. The molecule has 0 atom stereocenters. The number of halogens is 1. The highest BCUT2D eigenvalue weighted by Gasteiger charge is 2.31. The summed E-state index contributed by atoms with van der Waals surface area (Å²) in [6.45, 7) is 3.84. The van der Waals surface area contributed by atoms with Crippen LogP contribution in [0.15, 0.2) is 34.2 Å². The average molecular weight is 479 g/mol. The molecule has 0 unspecified atom stereocenters. The number of sulfone groups is 1. The molecule has 0 aliphatic heterocycles. The monoisotopic (exact) mass is 479 g/mol. The fraction of sp³-hybridized carbons (Fsp3) is 0.611. The van der Waals surface area contributed by atoms with Gasteiger partial charge in [-0.2, -0.15) is 0 Å². The van der Waals surface area contributed by atoms with E-state index in [1.807, 2.05) is 12.1 Å². The topological polar surface area (TPSA) is 70.6 Å². The molecule has 0 bridgehead atoms. The lowest BCUT2D eigenvalue weighted by molar-refractivity contribution is 0.283. The molecule has 2 N–H and O–H groups in total. The van der Waals surface area contributed by atoms with Crippen molar-refractivity contribution < 1.29 is 8.42 Å². The van der Waals surface area contributed by atoms with Crippen LogP contribution in [-0.2, 0) is 16.4 Å². The first-order valence-electron chi connectivity index (χ1n) is 8.62. The molecule has 25 heavy (non-hydrogen) atoms. The molecule has 7 heteroatoms. The molecule has 1 aromatic rings. The van der Waals surface area contributed by atoms with Gasteiger partial charge in [0, 0.05) is 26.4 Å². The Bertz CT molecular complexity index is 666. The van der Waals surface area contributed by atoms with Gasteiger partial charge in [-0.05, 0) is 42.4 Å². The molecular formula is C18H30IN3O2S. The molecule has 0 spiro atoms. The summed E-state index contributed by atoms with van der Waals surface area (Å²) in [7, 11) is -1.37. The first-order chi connectivity index (χ1) is 11.4. The van der Waals surface area contributed by atoms with Gasteiger partial charge in [0.05, 0.1) is 4.90 Å². The van der Waals surface area contributed by atoms with Crippen molar-refractivity contribution in [1.82, 2.24) is 10.6 Å². The van der Waals surface area contributed by atoms with Crippen molar-refractivity contribution in [3.63, 3.8) is 0 Å². The molecule has 1 fully saturated rings. The lowest BCUT2D eigenvalue weighted by atomic mass is 9.83. The molecular weight excluding hydrogens is 449 g/mol. The third-order valence-electron chi connectivity index (χ3n) is 5.08. The lowest BCUT2D eigenvalue weighted by Crippen LogP contribution is -2.42. The normalized spacial score (nSPS) is 17.0. The van der Waals surface area contributed by atoms with Crippen LogP contribution in [0.2, 0.25) is 0 Å². The van der Waals surface area contributed by atoms with Gasteiger partial charge in [0.1, 0.15) is 0 Å².